The molecule has 1 unspecified atom stereocenters. The smallest absolute Gasteiger partial charge is 0.249 e. The average molecular weight is 366 g/mol. The van der Waals surface area contributed by atoms with E-state index in [-0.39, 0.29) is 19.1 Å². The Hall–Kier alpha value is -1.99. The van der Waals surface area contributed by atoms with Gasteiger partial charge in [0.15, 0.2) is 4.90 Å². The zero-order valence-corrected chi connectivity index (χ0v) is 14.9. The minimum atomic E-state index is -4.21. The second kappa shape index (κ2) is 6.72. The van der Waals surface area contributed by atoms with E-state index in [2.05, 4.69) is 4.90 Å². The second-order valence-corrected chi connectivity index (χ2v) is 8.17. The molecule has 0 N–H and O–H groups in total. The zero-order chi connectivity index (χ0) is 18.2. The first-order valence-corrected chi connectivity index (χ1v) is 9.52. The van der Waals surface area contributed by atoms with Gasteiger partial charge in [-0.1, -0.05) is 18.2 Å². The summed E-state index contributed by atoms with van der Waals surface area (Å²) in [6.07, 6.45) is 0. The Balaban J connectivity index is 1.85. The van der Waals surface area contributed by atoms with E-state index in [4.69, 9.17) is 0 Å². The highest BCUT2D eigenvalue weighted by Gasteiger charge is 2.35. The molecule has 1 atom stereocenters. The molecule has 1 aliphatic rings. The van der Waals surface area contributed by atoms with Crippen LogP contribution < -0.4 is 4.90 Å². The Morgan fingerprint density at radius 1 is 1.04 bits per heavy atom. The van der Waals surface area contributed by atoms with E-state index in [1.54, 1.807) is 0 Å². The number of aryl methyl sites for hydroxylation is 1. The van der Waals surface area contributed by atoms with Crippen LogP contribution in [0.15, 0.2) is 47.4 Å². The maximum Gasteiger partial charge on any atom is 0.249 e. The van der Waals surface area contributed by atoms with Crippen molar-refractivity contribution in [2.24, 2.45) is 0 Å². The lowest BCUT2D eigenvalue weighted by molar-refractivity contribution is 0.339. The molecule has 3 rings (SSSR count). The van der Waals surface area contributed by atoms with E-state index in [9.17, 15) is 17.2 Å². The molecule has 25 heavy (non-hydrogen) atoms. The highest BCUT2D eigenvalue weighted by Crippen LogP contribution is 2.27. The predicted molar refractivity (Wildman–Crippen MR) is 93.1 cm³/mol. The SMILES string of the molecule is Cc1cccc(N2CCN(S(=O)(=O)c3c(F)cccc3F)CC2C)c1. The monoisotopic (exact) mass is 366 g/mol. The van der Waals surface area contributed by atoms with E-state index in [1.165, 1.54) is 0 Å². The molecule has 0 bridgehead atoms. The minimum Gasteiger partial charge on any atom is -0.366 e. The Kier molecular flexibility index (Phi) is 4.79. The van der Waals surface area contributed by atoms with Crippen LogP contribution in [0.25, 0.3) is 0 Å². The van der Waals surface area contributed by atoms with E-state index in [0.29, 0.717) is 6.54 Å². The molecule has 0 aliphatic carbocycles. The summed E-state index contributed by atoms with van der Waals surface area (Å²) in [7, 11) is -4.21. The fourth-order valence-electron chi connectivity index (χ4n) is 3.19. The van der Waals surface area contributed by atoms with E-state index < -0.39 is 26.6 Å². The fourth-order valence-corrected chi connectivity index (χ4v) is 4.81. The molecule has 0 radical (unpaired) electrons. The van der Waals surface area contributed by atoms with Gasteiger partial charge in [-0.25, -0.2) is 17.2 Å². The number of benzene rings is 2. The number of halogens is 2. The van der Waals surface area contributed by atoms with Gasteiger partial charge < -0.3 is 4.90 Å². The average Bonchev–Trinajstić information content (AvgIpc) is 2.54. The van der Waals surface area contributed by atoms with Crippen molar-refractivity contribution in [3.63, 3.8) is 0 Å². The number of piperazine rings is 1. The van der Waals surface area contributed by atoms with Gasteiger partial charge >= 0.3 is 0 Å². The standard InChI is InChI=1S/C18H20F2N2O2S/c1-13-5-3-6-15(11-13)22-10-9-21(12-14(22)2)25(23,24)18-16(19)7-4-8-17(18)20/h3-8,11,14H,9-10,12H2,1-2H3. The Morgan fingerprint density at radius 3 is 2.28 bits per heavy atom. The van der Waals surface area contributed by atoms with Gasteiger partial charge in [0.25, 0.3) is 0 Å². The van der Waals surface area contributed by atoms with E-state index in [1.807, 2.05) is 38.1 Å². The van der Waals surface area contributed by atoms with Crippen LogP contribution in [0.3, 0.4) is 0 Å². The normalized spacial score (nSPS) is 19.2. The molecule has 7 heteroatoms. The maximum absolute atomic E-state index is 13.9. The van der Waals surface area contributed by atoms with Crippen LogP contribution in [0.5, 0.6) is 0 Å². The van der Waals surface area contributed by atoms with Crippen molar-refractivity contribution >= 4 is 15.7 Å². The zero-order valence-electron chi connectivity index (χ0n) is 14.1. The van der Waals surface area contributed by atoms with Crippen LogP contribution in [0.2, 0.25) is 0 Å². The molecule has 1 fully saturated rings. The van der Waals surface area contributed by atoms with Crippen LogP contribution in [0.1, 0.15) is 12.5 Å². The summed E-state index contributed by atoms with van der Waals surface area (Å²) in [5.41, 5.74) is 2.13. The first-order chi connectivity index (χ1) is 11.8. The summed E-state index contributed by atoms with van der Waals surface area (Å²) in [4.78, 5) is 1.24. The topological polar surface area (TPSA) is 40.6 Å². The lowest BCUT2D eigenvalue weighted by atomic mass is 10.1. The summed E-state index contributed by atoms with van der Waals surface area (Å²) in [5, 5.41) is 0. The van der Waals surface area contributed by atoms with Gasteiger partial charge in [-0.05, 0) is 43.7 Å². The van der Waals surface area contributed by atoms with Gasteiger partial charge in [-0.15, -0.1) is 0 Å². The number of hydrogen-bond acceptors (Lipinski definition) is 3. The summed E-state index contributed by atoms with van der Waals surface area (Å²) in [6, 6.07) is 10.9. The van der Waals surface area contributed by atoms with Crippen LogP contribution in [0, 0.1) is 18.6 Å². The highest BCUT2D eigenvalue weighted by molar-refractivity contribution is 7.89. The first kappa shape index (κ1) is 17.8. The number of rotatable bonds is 3. The predicted octanol–water partition coefficient (Wildman–Crippen LogP) is 3.17. The summed E-state index contributed by atoms with van der Waals surface area (Å²) >= 11 is 0. The van der Waals surface area contributed by atoms with E-state index in [0.717, 1.165) is 33.8 Å². The summed E-state index contributed by atoms with van der Waals surface area (Å²) in [6.45, 7) is 4.70. The van der Waals surface area contributed by atoms with Crippen molar-refractivity contribution in [1.29, 1.82) is 0 Å². The van der Waals surface area contributed by atoms with Crippen molar-refractivity contribution in [3.05, 3.63) is 59.7 Å². The molecular formula is C18H20F2N2O2S. The minimum absolute atomic E-state index is 0.111. The molecule has 1 saturated heterocycles. The van der Waals surface area contributed by atoms with Gasteiger partial charge in [0, 0.05) is 31.4 Å². The molecular weight excluding hydrogens is 346 g/mol. The van der Waals surface area contributed by atoms with E-state index >= 15 is 0 Å². The number of sulfonamides is 1. The molecule has 1 heterocycles. The number of hydrogen-bond donors (Lipinski definition) is 0. The molecule has 134 valence electrons. The van der Waals surface area contributed by atoms with Crippen molar-refractivity contribution < 1.29 is 17.2 Å². The molecule has 2 aromatic carbocycles. The van der Waals surface area contributed by atoms with Gasteiger partial charge in [0.2, 0.25) is 10.0 Å². The molecule has 0 amide bonds. The van der Waals surface area contributed by atoms with Gasteiger partial charge in [0.1, 0.15) is 11.6 Å². The Labute approximate surface area is 146 Å². The lowest BCUT2D eigenvalue weighted by Crippen LogP contribution is -2.53. The van der Waals surface area contributed by atoms with Gasteiger partial charge in [-0.3, -0.25) is 0 Å². The van der Waals surface area contributed by atoms with Crippen molar-refractivity contribution in [3.8, 4) is 0 Å². The fraction of sp³-hybridized carbons (Fsp3) is 0.333. The second-order valence-electron chi connectivity index (χ2n) is 6.30. The van der Waals surface area contributed by atoms with Crippen LogP contribution >= 0.6 is 0 Å². The van der Waals surface area contributed by atoms with Crippen molar-refractivity contribution in [1.82, 2.24) is 4.31 Å². The molecule has 1 aliphatic heterocycles. The highest BCUT2D eigenvalue weighted by atomic mass is 32.2. The third-order valence-corrected chi connectivity index (χ3v) is 6.36. The number of anilines is 1. The number of nitrogens with zero attached hydrogens (tertiary/aromatic N) is 2. The third kappa shape index (κ3) is 3.39. The van der Waals surface area contributed by atoms with Gasteiger partial charge in [0.05, 0.1) is 0 Å². The summed E-state index contributed by atoms with van der Waals surface area (Å²) < 4.78 is 54.4. The van der Waals surface area contributed by atoms with Crippen molar-refractivity contribution in [2.75, 3.05) is 24.5 Å². The maximum atomic E-state index is 13.9. The molecule has 0 saturated carbocycles. The Morgan fingerprint density at radius 2 is 1.68 bits per heavy atom. The van der Waals surface area contributed by atoms with Crippen LogP contribution in [-0.2, 0) is 10.0 Å². The third-order valence-electron chi connectivity index (χ3n) is 4.44. The van der Waals surface area contributed by atoms with Crippen molar-refractivity contribution in [2.45, 2.75) is 24.8 Å². The quantitative estimate of drug-likeness (QED) is 0.838. The Bertz CT molecular complexity index is 866. The molecule has 2 aromatic rings. The first-order valence-electron chi connectivity index (χ1n) is 8.08. The summed E-state index contributed by atoms with van der Waals surface area (Å²) in [5.74, 6) is -2.12. The van der Waals surface area contributed by atoms with Crippen LogP contribution in [-0.4, -0.2) is 38.4 Å². The molecule has 4 nitrogen and oxygen atoms in total. The largest absolute Gasteiger partial charge is 0.366 e. The molecule has 0 aromatic heterocycles. The van der Waals surface area contributed by atoms with Crippen LogP contribution in [0.4, 0.5) is 14.5 Å². The molecule has 0 spiro atoms. The lowest BCUT2D eigenvalue weighted by Gasteiger charge is -2.40. The van der Waals surface area contributed by atoms with Gasteiger partial charge in [-0.2, -0.15) is 4.31 Å².